The van der Waals surface area contributed by atoms with Crippen LogP contribution >= 0.6 is 0 Å². The van der Waals surface area contributed by atoms with Crippen LogP contribution in [0, 0.1) is 0 Å². The molecule has 8 heteroatoms. The summed E-state index contributed by atoms with van der Waals surface area (Å²) in [6.45, 7) is 5.11. The summed E-state index contributed by atoms with van der Waals surface area (Å²) in [5.41, 5.74) is 9.13. The minimum absolute atomic E-state index is 0. The Balaban J connectivity index is 0.00000207. The van der Waals surface area contributed by atoms with Crippen molar-refractivity contribution in [2.75, 3.05) is 0 Å². The summed E-state index contributed by atoms with van der Waals surface area (Å²) in [5, 5.41) is 2.26. The van der Waals surface area contributed by atoms with E-state index < -0.39 is 25.8 Å². The summed E-state index contributed by atoms with van der Waals surface area (Å²) in [6.07, 6.45) is 26.8. The van der Waals surface area contributed by atoms with Gasteiger partial charge >= 0.3 is 312 Å². The number of para-hydroxylation sites is 2. The van der Waals surface area contributed by atoms with E-state index in [-0.39, 0.29) is 43.9 Å². The molecule has 6 aromatic rings. The topological polar surface area (TPSA) is 52.6 Å². The van der Waals surface area contributed by atoms with Gasteiger partial charge in [-0.25, -0.2) is 0 Å². The predicted octanol–water partition coefficient (Wildman–Crippen LogP) is 6.73. The molecule has 0 fully saturated rings. The van der Waals surface area contributed by atoms with Crippen molar-refractivity contribution in [3.8, 4) is 0 Å². The Bertz CT molecular complexity index is 2420. The van der Waals surface area contributed by atoms with Crippen molar-refractivity contribution in [2.24, 2.45) is 0 Å². The number of benzene rings is 2. The fraction of sp³-hybridized carbons (Fsp3) is 0.130. The molecule has 0 bridgehead atoms. The van der Waals surface area contributed by atoms with Crippen molar-refractivity contribution in [3.05, 3.63) is 204 Å². The molecule has 0 spiro atoms. The third kappa shape index (κ3) is 6.18. The third-order valence-electron chi connectivity index (χ3n) is 10.9. The van der Waals surface area contributed by atoms with Crippen molar-refractivity contribution in [1.82, 2.24) is 0 Å². The molecule has 0 saturated carbocycles. The van der Waals surface area contributed by atoms with E-state index in [2.05, 4.69) is 135 Å². The van der Waals surface area contributed by atoms with Gasteiger partial charge < -0.3 is 24.8 Å². The van der Waals surface area contributed by atoms with Gasteiger partial charge in [0, 0.05) is 0 Å². The van der Waals surface area contributed by atoms with Gasteiger partial charge in [-0.15, -0.1) is 0 Å². The van der Waals surface area contributed by atoms with E-state index in [1.54, 1.807) is 0 Å². The molecule has 54 heavy (non-hydrogen) atoms. The Morgan fingerprint density at radius 1 is 0.537 bits per heavy atom. The summed E-state index contributed by atoms with van der Waals surface area (Å²) < 4.78 is 26.3. The molecule has 10 rings (SSSR count). The molecular weight excluding hydrogens is 807 g/mol. The summed E-state index contributed by atoms with van der Waals surface area (Å²) in [5.74, 6) is 3.88. The van der Waals surface area contributed by atoms with Crippen LogP contribution < -0.4 is 24.8 Å². The minimum atomic E-state index is -2.70. The summed E-state index contributed by atoms with van der Waals surface area (Å²) in [6, 6.07) is 29.4. The molecule has 0 radical (unpaired) electrons. The number of hydrogen-bond acceptors (Lipinski definition) is 4. The molecule has 4 heterocycles. The van der Waals surface area contributed by atoms with Gasteiger partial charge in [0.25, 0.3) is 0 Å². The molecule has 0 aliphatic heterocycles. The molecule has 4 aromatic heterocycles. The number of rotatable bonds is 6. The zero-order chi connectivity index (χ0) is 34.8. The molecule has 4 atom stereocenters. The Kier molecular flexibility index (Phi) is 10.2. The van der Waals surface area contributed by atoms with Crippen molar-refractivity contribution in [1.29, 1.82) is 0 Å². The second-order valence-electron chi connectivity index (χ2n) is 14.1. The SMILES string of the molecule is C[Si](C)=[Zr+2]([CH]1C(c2ccco2)=CC2=C1C=CC=CC2c1cc2ccccc2o1)[CH]1C(c2ccco2)=CC2=C1C=CC=CC2c1cc2ccccc2o1.[Cl-].[Cl-]. The molecule has 4 aliphatic carbocycles. The maximum Gasteiger partial charge on any atom is -1.00 e. The second kappa shape index (κ2) is 15.1. The summed E-state index contributed by atoms with van der Waals surface area (Å²) in [4.78, 5) is 0. The number of hydrogen-bond donors (Lipinski definition) is 0. The Morgan fingerprint density at radius 3 is 1.41 bits per heavy atom. The Labute approximate surface area is 334 Å². The first-order chi connectivity index (χ1) is 25.6. The zero-order valence-corrected chi connectivity index (χ0v) is 34.7. The molecular formula is C46H36Cl2O4SiZr. The number of halogens is 2. The maximum atomic E-state index is 6.57. The van der Waals surface area contributed by atoms with E-state index in [4.69, 9.17) is 17.7 Å². The first-order valence-corrected chi connectivity index (χ1v) is 27.0. The van der Waals surface area contributed by atoms with E-state index in [1.807, 2.05) is 36.8 Å². The summed E-state index contributed by atoms with van der Waals surface area (Å²) in [7, 11) is 0. The van der Waals surface area contributed by atoms with Crippen LogP contribution in [-0.4, -0.2) is 5.43 Å². The monoisotopic (exact) mass is 840 g/mol. The smallest absolute Gasteiger partial charge is 1.00 e. The van der Waals surface area contributed by atoms with Crippen LogP contribution in [0.15, 0.2) is 198 Å². The van der Waals surface area contributed by atoms with E-state index in [0.29, 0.717) is 0 Å². The van der Waals surface area contributed by atoms with Crippen LogP contribution in [0.4, 0.5) is 0 Å². The zero-order valence-electron chi connectivity index (χ0n) is 29.7. The van der Waals surface area contributed by atoms with Crippen LogP contribution in [0.1, 0.15) is 34.9 Å². The predicted molar refractivity (Wildman–Crippen MR) is 207 cm³/mol. The molecule has 0 saturated heterocycles. The van der Waals surface area contributed by atoms with Gasteiger partial charge in [-0.3, -0.25) is 0 Å². The van der Waals surface area contributed by atoms with Crippen LogP contribution in [0.3, 0.4) is 0 Å². The van der Waals surface area contributed by atoms with Gasteiger partial charge in [0.2, 0.25) is 0 Å². The molecule has 4 nitrogen and oxygen atoms in total. The number of furan rings is 4. The van der Waals surface area contributed by atoms with Crippen LogP contribution in [0.5, 0.6) is 0 Å². The summed E-state index contributed by atoms with van der Waals surface area (Å²) >= 11 is -2.70. The quantitative estimate of drug-likeness (QED) is 0.175. The normalized spacial score (nSPS) is 21.2. The molecule has 0 N–H and O–H groups in total. The molecule has 4 unspecified atom stereocenters. The second-order valence-corrected chi connectivity index (χ2v) is 32.0. The largest absolute Gasteiger partial charge is 1.00 e. The fourth-order valence-corrected chi connectivity index (χ4v) is 28.5. The van der Waals surface area contributed by atoms with E-state index in [9.17, 15) is 0 Å². The molecule has 4 aliphatic rings. The van der Waals surface area contributed by atoms with Gasteiger partial charge in [0.05, 0.1) is 0 Å². The fourth-order valence-electron chi connectivity index (χ4n) is 8.67. The van der Waals surface area contributed by atoms with Gasteiger partial charge in [-0.2, -0.15) is 0 Å². The van der Waals surface area contributed by atoms with Crippen molar-refractivity contribution in [2.45, 2.75) is 32.2 Å². The van der Waals surface area contributed by atoms with Crippen LogP contribution in [0.25, 0.3) is 33.1 Å². The molecule has 2 aromatic carbocycles. The Hall–Kier alpha value is -4.32. The van der Waals surface area contributed by atoms with Crippen molar-refractivity contribution >= 4 is 38.5 Å². The standard InChI is InChI=1S/2C22H15O2.C2H6Si.2ClH.Zr/c2*1-3-8-18(22-14-16-7-2-4-9-21(16)24-22)19-13-17(12-15(19)6-1)20-10-5-11-23-20;1-3-2;;;/h2*1-14,18H;1-2H3;2*1H;/q;;;;;+2/p-2. The van der Waals surface area contributed by atoms with Crippen LogP contribution in [-0.2, 0) is 20.4 Å². The average Bonchev–Trinajstić information content (AvgIpc) is 4.01. The van der Waals surface area contributed by atoms with Crippen molar-refractivity contribution < 1.29 is 62.8 Å². The van der Waals surface area contributed by atoms with Gasteiger partial charge in [0.1, 0.15) is 0 Å². The van der Waals surface area contributed by atoms with E-state index in [0.717, 1.165) is 45.0 Å². The van der Waals surface area contributed by atoms with E-state index in [1.165, 1.54) is 33.4 Å². The number of fused-ring (bicyclic) bond motifs is 2. The van der Waals surface area contributed by atoms with E-state index >= 15 is 0 Å². The van der Waals surface area contributed by atoms with Gasteiger partial charge in [-0.05, 0) is 0 Å². The maximum absolute atomic E-state index is 6.57. The first kappa shape index (κ1) is 36.6. The molecule has 266 valence electrons. The Morgan fingerprint density at radius 2 is 1.00 bits per heavy atom. The van der Waals surface area contributed by atoms with Gasteiger partial charge in [0.15, 0.2) is 0 Å². The number of allylic oxidation sites excluding steroid dienone is 16. The third-order valence-corrected chi connectivity index (χ3v) is 30.1. The minimum Gasteiger partial charge on any atom is -1.00 e. The van der Waals surface area contributed by atoms with Crippen molar-refractivity contribution in [3.63, 3.8) is 0 Å². The molecule has 0 amide bonds. The first-order valence-electron chi connectivity index (χ1n) is 18.0. The average molecular weight is 843 g/mol. The van der Waals surface area contributed by atoms with Crippen LogP contribution in [0.2, 0.25) is 20.3 Å². The van der Waals surface area contributed by atoms with Gasteiger partial charge in [-0.1, -0.05) is 0 Å².